The Morgan fingerprint density at radius 2 is 2.05 bits per heavy atom. The minimum atomic E-state index is -2.77. The molecule has 6 nitrogen and oxygen atoms in total. The maximum absolute atomic E-state index is 12.9. The molecule has 0 saturated carbocycles. The molecule has 0 aliphatic rings. The molecule has 118 valence electrons. The molecule has 0 aliphatic carbocycles. The highest BCUT2D eigenvalue weighted by molar-refractivity contribution is 7.98. The van der Waals surface area contributed by atoms with Crippen LogP contribution in [0.3, 0.4) is 0 Å². The first kappa shape index (κ1) is 16.2. The van der Waals surface area contributed by atoms with Crippen LogP contribution in [0.5, 0.6) is 11.5 Å². The van der Waals surface area contributed by atoms with E-state index in [-0.39, 0.29) is 5.16 Å². The first-order valence-corrected chi connectivity index (χ1v) is 7.37. The monoisotopic (exact) mass is 328 g/mol. The summed E-state index contributed by atoms with van der Waals surface area (Å²) in [6.45, 7) is 0. The second kappa shape index (κ2) is 7.21. The number of aromatic nitrogens is 3. The fourth-order valence-corrected chi connectivity index (χ4v) is 2.22. The lowest BCUT2D eigenvalue weighted by atomic mass is 10.2. The van der Waals surface area contributed by atoms with E-state index in [1.54, 1.807) is 24.5 Å². The molecule has 0 atom stereocenters. The van der Waals surface area contributed by atoms with Crippen molar-refractivity contribution in [2.75, 3.05) is 20.5 Å². The molecule has 2 rings (SSSR count). The molecule has 0 saturated heterocycles. The summed E-state index contributed by atoms with van der Waals surface area (Å²) in [5.74, 6) is 0.475. The van der Waals surface area contributed by atoms with Gasteiger partial charge in [0.2, 0.25) is 11.0 Å². The molecule has 22 heavy (non-hydrogen) atoms. The molecule has 1 aromatic carbocycles. The van der Waals surface area contributed by atoms with E-state index >= 15 is 0 Å². The molecular formula is C13H14F2N4O2S. The minimum Gasteiger partial charge on any atom is -0.493 e. The molecule has 0 aliphatic heterocycles. The standard InChI is InChI=1S/C13H14F2N4O2S/c1-20-9-6-4-5-8(10(9)21-2)7-16-19-12(11(14)15)17-18-13(19)22-3/h4-7,11H,1-3H3/b16-7+. The lowest BCUT2D eigenvalue weighted by Crippen LogP contribution is -2.01. The van der Waals surface area contributed by atoms with Gasteiger partial charge >= 0.3 is 0 Å². The van der Waals surface area contributed by atoms with Gasteiger partial charge in [0.1, 0.15) is 0 Å². The number of rotatable bonds is 6. The molecule has 0 radical (unpaired) electrons. The molecular weight excluding hydrogens is 314 g/mol. The van der Waals surface area contributed by atoms with Crippen LogP contribution in [0.2, 0.25) is 0 Å². The van der Waals surface area contributed by atoms with E-state index in [2.05, 4.69) is 15.3 Å². The Morgan fingerprint density at radius 1 is 1.27 bits per heavy atom. The van der Waals surface area contributed by atoms with E-state index in [9.17, 15) is 8.78 Å². The van der Waals surface area contributed by atoms with Crippen LogP contribution in [0.1, 0.15) is 17.8 Å². The summed E-state index contributed by atoms with van der Waals surface area (Å²) < 4.78 is 37.3. The Hall–Kier alpha value is -2.16. The van der Waals surface area contributed by atoms with Gasteiger partial charge in [-0.05, 0) is 18.4 Å². The third-order valence-electron chi connectivity index (χ3n) is 2.76. The number of nitrogens with zero attached hydrogens (tertiary/aromatic N) is 4. The summed E-state index contributed by atoms with van der Waals surface area (Å²) in [4.78, 5) is 0. The van der Waals surface area contributed by atoms with Crippen molar-refractivity contribution in [3.63, 3.8) is 0 Å². The van der Waals surface area contributed by atoms with E-state index in [4.69, 9.17) is 9.47 Å². The Balaban J connectivity index is 2.43. The average molecular weight is 328 g/mol. The average Bonchev–Trinajstić information content (AvgIpc) is 2.95. The third kappa shape index (κ3) is 3.19. The van der Waals surface area contributed by atoms with Gasteiger partial charge in [-0.2, -0.15) is 9.78 Å². The van der Waals surface area contributed by atoms with Gasteiger partial charge in [0.25, 0.3) is 6.43 Å². The predicted octanol–water partition coefficient (Wildman–Crippen LogP) is 2.84. The highest BCUT2D eigenvalue weighted by atomic mass is 32.2. The number of benzene rings is 1. The topological polar surface area (TPSA) is 61.5 Å². The van der Waals surface area contributed by atoms with Crippen molar-refractivity contribution in [2.24, 2.45) is 5.10 Å². The maximum Gasteiger partial charge on any atom is 0.299 e. The first-order valence-electron chi connectivity index (χ1n) is 6.15. The molecule has 0 spiro atoms. The molecule has 2 aromatic rings. The molecule has 1 heterocycles. The van der Waals surface area contributed by atoms with Crippen molar-refractivity contribution in [1.82, 2.24) is 14.9 Å². The van der Waals surface area contributed by atoms with E-state index < -0.39 is 12.2 Å². The van der Waals surface area contributed by atoms with Crippen molar-refractivity contribution in [3.8, 4) is 11.5 Å². The van der Waals surface area contributed by atoms with Crippen LogP contribution in [0.15, 0.2) is 28.5 Å². The summed E-state index contributed by atoms with van der Waals surface area (Å²) in [5.41, 5.74) is 0.586. The van der Waals surface area contributed by atoms with E-state index in [1.807, 2.05) is 0 Å². The van der Waals surface area contributed by atoms with Crippen LogP contribution in [-0.4, -0.2) is 41.6 Å². The molecule has 0 unspecified atom stereocenters. The van der Waals surface area contributed by atoms with Crippen molar-refractivity contribution in [1.29, 1.82) is 0 Å². The van der Waals surface area contributed by atoms with Crippen molar-refractivity contribution < 1.29 is 18.3 Å². The van der Waals surface area contributed by atoms with Gasteiger partial charge in [-0.1, -0.05) is 17.8 Å². The van der Waals surface area contributed by atoms with E-state index in [1.165, 1.54) is 32.2 Å². The molecule has 0 amide bonds. The molecule has 0 bridgehead atoms. The van der Waals surface area contributed by atoms with Crippen LogP contribution in [0, 0.1) is 0 Å². The zero-order chi connectivity index (χ0) is 16.1. The number of para-hydroxylation sites is 1. The summed E-state index contributed by atoms with van der Waals surface area (Å²) in [5, 5.41) is 11.4. The summed E-state index contributed by atoms with van der Waals surface area (Å²) >= 11 is 1.17. The smallest absolute Gasteiger partial charge is 0.299 e. The zero-order valence-corrected chi connectivity index (χ0v) is 13.0. The maximum atomic E-state index is 12.9. The van der Waals surface area contributed by atoms with E-state index in [0.717, 1.165) is 4.68 Å². The highest BCUT2D eigenvalue weighted by Gasteiger charge is 2.19. The predicted molar refractivity (Wildman–Crippen MR) is 79.3 cm³/mol. The number of alkyl halides is 2. The van der Waals surface area contributed by atoms with Crippen LogP contribution < -0.4 is 9.47 Å². The lowest BCUT2D eigenvalue weighted by Gasteiger charge is -2.09. The second-order valence-electron chi connectivity index (χ2n) is 3.98. The SMILES string of the molecule is COc1cccc(/C=N/n2c(SC)nnc2C(F)F)c1OC. The number of ether oxygens (including phenoxy) is 2. The van der Waals surface area contributed by atoms with Gasteiger partial charge < -0.3 is 9.47 Å². The largest absolute Gasteiger partial charge is 0.493 e. The van der Waals surface area contributed by atoms with Crippen LogP contribution in [0.25, 0.3) is 0 Å². The summed E-state index contributed by atoms with van der Waals surface area (Å²) in [6.07, 6.45) is 0.339. The lowest BCUT2D eigenvalue weighted by molar-refractivity contribution is 0.135. The fourth-order valence-electron chi connectivity index (χ4n) is 1.78. The zero-order valence-electron chi connectivity index (χ0n) is 12.2. The summed E-state index contributed by atoms with van der Waals surface area (Å²) in [6, 6.07) is 5.21. The third-order valence-corrected chi connectivity index (χ3v) is 3.38. The van der Waals surface area contributed by atoms with Crippen molar-refractivity contribution in [2.45, 2.75) is 11.6 Å². The molecule has 0 N–H and O–H groups in total. The number of hydrogen-bond donors (Lipinski definition) is 0. The number of halogens is 2. The first-order chi connectivity index (χ1) is 10.6. The van der Waals surface area contributed by atoms with Crippen LogP contribution in [-0.2, 0) is 0 Å². The number of methoxy groups -OCH3 is 2. The van der Waals surface area contributed by atoms with Crippen molar-refractivity contribution in [3.05, 3.63) is 29.6 Å². The van der Waals surface area contributed by atoms with Gasteiger partial charge in [-0.25, -0.2) is 8.78 Å². The van der Waals surface area contributed by atoms with Gasteiger partial charge in [-0.15, -0.1) is 10.2 Å². The van der Waals surface area contributed by atoms with Gasteiger partial charge in [0.05, 0.1) is 20.4 Å². The fraction of sp³-hybridized carbons (Fsp3) is 0.308. The molecule has 0 fully saturated rings. The second-order valence-corrected chi connectivity index (χ2v) is 4.76. The number of hydrogen-bond acceptors (Lipinski definition) is 6. The van der Waals surface area contributed by atoms with Crippen LogP contribution >= 0.6 is 11.8 Å². The minimum absolute atomic E-state index is 0.272. The molecule has 1 aromatic heterocycles. The van der Waals surface area contributed by atoms with Gasteiger partial charge in [-0.3, -0.25) is 0 Å². The normalized spacial score (nSPS) is 11.4. The number of thioether (sulfide) groups is 1. The van der Waals surface area contributed by atoms with E-state index in [0.29, 0.717) is 17.1 Å². The Labute approximate surface area is 130 Å². The Morgan fingerprint density at radius 3 is 2.64 bits per heavy atom. The van der Waals surface area contributed by atoms with Crippen molar-refractivity contribution >= 4 is 18.0 Å². The Kier molecular flexibility index (Phi) is 5.31. The quantitative estimate of drug-likeness (QED) is 0.603. The summed E-state index contributed by atoms with van der Waals surface area (Å²) in [7, 11) is 3.01. The molecule has 9 heteroatoms. The van der Waals surface area contributed by atoms with Gasteiger partial charge in [0, 0.05) is 5.56 Å². The highest BCUT2D eigenvalue weighted by Crippen LogP contribution is 2.29. The van der Waals surface area contributed by atoms with Gasteiger partial charge in [0.15, 0.2) is 11.5 Å². The van der Waals surface area contributed by atoms with Crippen LogP contribution in [0.4, 0.5) is 8.78 Å². The Bertz CT molecular complexity index is 676.